The molecule has 2 aromatic heterocycles. The maximum Gasteiger partial charge on any atom is 0.331 e. The maximum atomic E-state index is 13.4. The van der Waals surface area contributed by atoms with Crippen molar-refractivity contribution in [2.24, 2.45) is 14.1 Å². The number of phenolic OH excluding ortho intramolecular Hbond substituents is 1. The van der Waals surface area contributed by atoms with Gasteiger partial charge in [-0.3, -0.25) is 13.9 Å². The van der Waals surface area contributed by atoms with Crippen LogP contribution in [0.15, 0.2) is 52.1 Å². The highest BCUT2D eigenvalue weighted by Gasteiger charge is 2.34. The molecule has 0 amide bonds. The third-order valence-corrected chi connectivity index (χ3v) is 6.35. The quantitative estimate of drug-likeness (QED) is 0.529. The van der Waals surface area contributed by atoms with Crippen molar-refractivity contribution in [3.8, 4) is 17.0 Å². The molecule has 1 aliphatic heterocycles. The lowest BCUT2D eigenvalue weighted by molar-refractivity contribution is 0.0464. The summed E-state index contributed by atoms with van der Waals surface area (Å²) >= 11 is 0. The zero-order valence-corrected chi connectivity index (χ0v) is 18.5. The molecule has 1 atom stereocenters. The first-order valence-corrected chi connectivity index (χ1v) is 10.6. The van der Waals surface area contributed by atoms with Gasteiger partial charge in [-0.15, -0.1) is 0 Å². The Labute approximate surface area is 184 Å². The van der Waals surface area contributed by atoms with Crippen LogP contribution >= 0.6 is 0 Å². The zero-order valence-electron chi connectivity index (χ0n) is 18.5. The van der Waals surface area contributed by atoms with E-state index in [0.29, 0.717) is 35.3 Å². The zero-order chi connectivity index (χ0) is 22.7. The number of aryl methyl sites for hydroxylation is 3. The van der Waals surface area contributed by atoms with Crippen molar-refractivity contribution in [1.82, 2.24) is 13.7 Å². The summed E-state index contributed by atoms with van der Waals surface area (Å²) in [6.07, 6.45) is -0.608. The normalized spacial score (nSPS) is 15.8. The van der Waals surface area contributed by atoms with E-state index in [2.05, 4.69) is 4.57 Å². The third kappa shape index (κ3) is 2.85. The molecule has 0 saturated heterocycles. The van der Waals surface area contributed by atoms with Gasteiger partial charge in [0.1, 0.15) is 11.9 Å². The highest BCUT2D eigenvalue weighted by molar-refractivity contribution is 5.96. The van der Waals surface area contributed by atoms with Gasteiger partial charge >= 0.3 is 5.69 Å². The summed E-state index contributed by atoms with van der Waals surface area (Å²) in [5.41, 5.74) is 4.84. The highest BCUT2D eigenvalue weighted by atomic mass is 16.5. The van der Waals surface area contributed by atoms with Crippen LogP contribution in [0.25, 0.3) is 22.2 Å². The number of hydrogen-bond acceptors (Lipinski definition) is 4. The molecule has 3 heterocycles. The molecule has 4 aromatic rings. The van der Waals surface area contributed by atoms with Crippen LogP contribution in [0.5, 0.6) is 5.75 Å². The second kappa shape index (κ2) is 7.24. The van der Waals surface area contributed by atoms with Gasteiger partial charge in [-0.25, -0.2) is 4.79 Å². The number of hydrogen-bond donors (Lipinski definition) is 1. The second-order valence-electron chi connectivity index (χ2n) is 8.49. The molecule has 2 aromatic carbocycles. The van der Waals surface area contributed by atoms with E-state index < -0.39 is 11.8 Å². The third-order valence-electron chi connectivity index (χ3n) is 6.35. The lowest BCUT2D eigenvalue weighted by atomic mass is 10.0. The second-order valence-corrected chi connectivity index (χ2v) is 8.49. The standard InChI is InChI=1S/C25H25N3O4/c1-14-5-8-16(9-6-14)20-19-21(26(3)25(31)27(4)24(19)30)22-23(32-12-11-28(20)22)17-10-7-15(2)13-18(17)29/h5-10,13,23,29H,11-12H2,1-4H3/t23-/m0/s1. The summed E-state index contributed by atoms with van der Waals surface area (Å²) in [6, 6.07) is 13.5. The Morgan fingerprint density at radius 2 is 1.66 bits per heavy atom. The molecule has 0 fully saturated rings. The summed E-state index contributed by atoms with van der Waals surface area (Å²) in [6.45, 7) is 4.88. The minimum Gasteiger partial charge on any atom is -0.508 e. The van der Waals surface area contributed by atoms with Crippen molar-refractivity contribution in [3.05, 3.63) is 85.7 Å². The molecule has 0 bridgehead atoms. The van der Waals surface area contributed by atoms with E-state index >= 15 is 0 Å². The molecule has 1 N–H and O–H groups in total. The first-order chi connectivity index (χ1) is 15.3. The predicted molar refractivity (Wildman–Crippen MR) is 123 cm³/mol. The van der Waals surface area contributed by atoms with E-state index in [4.69, 9.17) is 4.74 Å². The molecule has 0 radical (unpaired) electrons. The van der Waals surface area contributed by atoms with Gasteiger partial charge in [0.05, 0.1) is 28.9 Å². The fourth-order valence-electron chi connectivity index (χ4n) is 4.70. The monoisotopic (exact) mass is 431 g/mol. The summed E-state index contributed by atoms with van der Waals surface area (Å²) in [7, 11) is 3.17. The number of ether oxygens (including phenoxy) is 1. The van der Waals surface area contributed by atoms with Crippen LogP contribution in [0, 0.1) is 13.8 Å². The first kappa shape index (κ1) is 20.3. The minimum absolute atomic E-state index is 0.128. The minimum atomic E-state index is -0.608. The van der Waals surface area contributed by atoms with Crippen molar-refractivity contribution in [1.29, 1.82) is 0 Å². The molecule has 7 nitrogen and oxygen atoms in total. The number of aromatic nitrogens is 3. The molecular weight excluding hydrogens is 406 g/mol. The molecule has 164 valence electrons. The van der Waals surface area contributed by atoms with E-state index in [1.54, 1.807) is 13.1 Å². The van der Waals surface area contributed by atoms with Gasteiger partial charge < -0.3 is 14.4 Å². The smallest absolute Gasteiger partial charge is 0.331 e. The van der Waals surface area contributed by atoms with Crippen molar-refractivity contribution in [3.63, 3.8) is 0 Å². The number of fused-ring (bicyclic) bond motifs is 3. The molecule has 0 unspecified atom stereocenters. The highest BCUT2D eigenvalue weighted by Crippen LogP contribution is 2.42. The lowest BCUT2D eigenvalue weighted by Crippen LogP contribution is -2.37. The topological polar surface area (TPSA) is 78.4 Å². The van der Waals surface area contributed by atoms with Crippen molar-refractivity contribution < 1.29 is 9.84 Å². The van der Waals surface area contributed by atoms with Crippen LogP contribution in [0.1, 0.15) is 28.5 Å². The fraction of sp³-hybridized carbons (Fsp3) is 0.280. The van der Waals surface area contributed by atoms with Gasteiger partial charge in [0, 0.05) is 26.2 Å². The van der Waals surface area contributed by atoms with Gasteiger partial charge in [-0.05, 0) is 31.0 Å². The number of nitrogens with zero attached hydrogens (tertiary/aromatic N) is 3. The number of rotatable bonds is 2. The van der Waals surface area contributed by atoms with Crippen LogP contribution in [0.3, 0.4) is 0 Å². The Kier molecular flexibility index (Phi) is 4.60. The Bertz CT molecular complexity index is 1490. The van der Waals surface area contributed by atoms with Crippen LogP contribution in [0.4, 0.5) is 0 Å². The van der Waals surface area contributed by atoms with Gasteiger partial charge in [-0.1, -0.05) is 42.0 Å². The molecular formula is C25H25N3O4. The Morgan fingerprint density at radius 1 is 0.969 bits per heavy atom. The van der Waals surface area contributed by atoms with Crippen molar-refractivity contribution in [2.45, 2.75) is 26.5 Å². The maximum absolute atomic E-state index is 13.4. The lowest BCUT2D eigenvalue weighted by Gasteiger charge is -2.28. The summed E-state index contributed by atoms with van der Waals surface area (Å²) in [4.78, 5) is 26.2. The average molecular weight is 431 g/mol. The van der Waals surface area contributed by atoms with E-state index in [1.165, 1.54) is 11.6 Å². The molecule has 7 heteroatoms. The number of benzene rings is 2. The molecule has 1 aliphatic rings. The molecule has 0 saturated carbocycles. The summed E-state index contributed by atoms with van der Waals surface area (Å²) in [5, 5.41) is 11.2. The Balaban J connectivity index is 1.94. The van der Waals surface area contributed by atoms with Gasteiger partial charge in [-0.2, -0.15) is 0 Å². The number of phenols is 1. The van der Waals surface area contributed by atoms with Gasteiger partial charge in [0.2, 0.25) is 0 Å². The van der Waals surface area contributed by atoms with Crippen LogP contribution < -0.4 is 11.2 Å². The molecule has 32 heavy (non-hydrogen) atoms. The molecule has 0 spiro atoms. The van der Waals surface area contributed by atoms with Crippen molar-refractivity contribution in [2.75, 3.05) is 6.61 Å². The van der Waals surface area contributed by atoms with E-state index in [9.17, 15) is 14.7 Å². The first-order valence-electron chi connectivity index (χ1n) is 10.6. The van der Waals surface area contributed by atoms with E-state index in [0.717, 1.165) is 27.0 Å². The van der Waals surface area contributed by atoms with Crippen LogP contribution in [-0.2, 0) is 25.4 Å². The predicted octanol–water partition coefficient (Wildman–Crippen LogP) is 3.15. The Morgan fingerprint density at radius 3 is 2.34 bits per heavy atom. The van der Waals surface area contributed by atoms with E-state index in [-0.39, 0.29) is 11.3 Å². The van der Waals surface area contributed by atoms with Crippen LogP contribution in [-0.4, -0.2) is 25.4 Å². The van der Waals surface area contributed by atoms with E-state index in [1.807, 2.05) is 50.2 Å². The van der Waals surface area contributed by atoms with Gasteiger partial charge in [0.25, 0.3) is 5.56 Å². The molecule has 5 rings (SSSR count). The SMILES string of the molecule is Cc1ccc(-c2c3c(=O)n(C)c(=O)n(C)c3c3n2CCO[C@H]3c2ccc(C)cc2O)cc1. The Hall–Kier alpha value is -3.58. The average Bonchev–Trinajstić information content (AvgIpc) is 3.12. The molecule has 0 aliphatic carbocycles. The number of aromatic hydroxyl groups is 1. The van der Waals surface area contributed by atoms with Crippen molar-refractivity contribution >= 4 is 10.9 Å². The largest absolute Gasteiger partial charge is 0.508 e. The summed E-state index contributed by atoms with van der Waals surface area (Å²) in [5.74, 6) is 0.128. The fourth-order valence-corrected chi connectivity index (χ4v) is 4.70. The summed E-state index contributed by atoms with van der Waals surface area (Å²) < 4.78 is 10.9. The van der Waals surface area contributed by atoms with Gasteiger partial charge in [0.15, 0.2) is 0 Å². The van der Waals surface area contributed by atoms with Crippen LogP contribution in [0.2, 0.25) is 0 Å².